The van der Waals surface area contributed by atoms with Crippen molar-refractivity contribution in [3.05, 3.63) is 29.8 Å². The van der Waals surface area contributed by atoms with Crippen LogP contribution in [0.2, 0.25) is 0 Å². The molecule has 1 rings (SSSR count). The first-order valence-corrected chi connectivity index (χ1v) is 5.01. The second-order valence-electron chi connectivity index (χ2n) is 3.25. The van der Waals surface area contributed by atoms with Crippen LogP contribution in [-0.4, -0.2) is 31.4 Å². The van der Waals surface area contributed by atoms with E-state index >= 15 is 0 Å². The van der Waals surface area contributed by atoms with Crippen LogP contribution in [-0.2, 0) is 9.53 Å². The van der Waals surface area contributed by atoms with Gasteiger partial charge in [0.1, 0.15) is 5.75 Å². The first-order chi connectivity index (χ1) is 8.56. The molecule has 0 aliphatic heterocycles. The van der Waals surface area contributed by atoms with Gasteiger partial charge in [-0.25, -0.2) is 9.59 Å². The van der Waals surface area contributed by atoms with E-state index in [1.165, 1.54) is 20.3 Å². The molecule has 0 saturated carbocycles. The molecule has 0 aliphatic rings. The van der Waals surface area contributed by atoms with E-state index in [0.717, 1.165) is 6.08 Å². The summed E-state index contributed by atoms with van der Waals surface area (Å²) in [4.78, 5) is 21.5. The Morgan fingerprint density at radius 1 is 1.33 bits per heavy atom. The van der Waals surface area contributed by atoms with Gasteiger partial charge >= 0.3 is 12.1 Å². The molecule has 1 aromatic carbocycles. The van der Waals surface area contributed by atoms with E-state index < -0.39 is 12.1 Å². The van der Waals surface area contributed by atoms with Crippen LogP contribution < -0.4 is 10.1 Å². The summed E-state index contributed by atoms with van der Waals surface area (Å²) in [6.45, 7) is 0. The van der Waals surface area contributed by atoms with Gasteiger partial charge in [0.15, 0.2) is 0 Å². The molecule has 1 aromatic rings. The normalized spacial score (nSPS) is 10.1. The summed E-state index contributed by atoms with van der Waals surface area (Å²) in [5, 5.41) is 11.0. The summed E-state index contributed by atoms with van der Waals surface area (Å²) in [7, 11) is 2.71. The summed E-state index contributed by atoms with van der Waals surface area (Å²) >= 11 is 0. The van der Waals surface area contributed by atoms with Gasteiger partial charge in [0.2, 0.25) is 0 Å². The third-order valence-corrected chi connectivity index (χ3v) is 2.06. The number of carboxylic acid groups (broad SMARTS) is 1. The van der Waals surface area contributed by atoms with Crippen LogP contribution in [0.25, 0.3) is 6.08 Å². The molecule has 96 valence electrons. The lowest BCUT2D eigenvalue weighted by Gasteiger charge is -2.09. The summed E-state index contributed by atoms with van der Waals surface area (Å²) in [6, 6.07) is 4.86. The Balaban J connectivity index is 3.01. The number of ether oxygens (including phenoxy) is 2. The topological polar surface area (TPSA) is 84.9 Å². The average molecular weight is 251 g/mol. The Morgan fingerprint density at radius 2 is 2.06 bits per heavy atom. The van der Waals surface area contributed by atoms with Crippen molar-refractivity contribution in [1.29, 1.82) is 0 Å². The molecule has 0 atom stereocenters. The molecule has 6 heteroatoms. The Morgan fingerprint density at radius 3 is 2.61 bits per heavy atom. The summed E-state index contributed by atoms with van der Waals surface area (Å²) < 4.78 is 9.53. The van der Waals surface area contributed by atoms with Gasteiger partial charge in [-0.1, -0.05) is 6.07 Å². The second-order valence-corrected chi connectivity index (χ2v) is 3.25. The number of hydrogen-bond donors (Lipinski definition) is 2. The van der Waals surface area contributed by atoms with Crippen LogP contribution in [0.5, 0.6) is 5.75 Å². The van der Waals surface area contributed by atoms with Crippen LogP contribution in [0.15, 0.2) is 24.3 Å². The van der Waals surface area contributed by atoms with Crippen molar-refractivity contribution in [3.8, 4) is 5.75 Å². The van der Waals surface area contributed by atoms with Crippen LogP contribution in [0.1, 0.15) is 5.56 Å². The Bertz CT molecular complexity index is 481. The quantitative estimate of drug-likeness (QED) is 0.799. The highest BCUT2D eigenvalue weighted by atomic mass is 16.5. The molecule has 1 amide bonds. The van der Waals surface area contributed by atoms with Crippen LogP contribution in [0, 0.1) is 0 Å². The highest BCUT2D eigenvalue weighted by Gasteiger charge is 2.07. The molecule has 6 nitrogen and oxygen atoms in total. The number of hydrogen-bond acceptors (Lipinski definition) is 4. The number of benzene rings is 1. The fourth-order valence-corrected chi connectivity index (χ4v) is 1.26. The van der Waals surface area contributed by atoms with E-state index in [2.05, 4.69) is 10.1 Å². The first kappa shape index (κ1) is 13.6. The molecule has 0 aliphatic carbocycles. The maximum Gasteiger partial charge on any atom is 0.411 e. The summed E-state index contributed by atoms with van der Waals surface area (Å²) in [6.07, 6.45) is 1.78. The van der Waals surface area contributed by atoms with Crippen LogP contribution in [0.4, 0.5) is 10.5 Å². The second kappa shape index (κ2) is 6.29. The molecule has 0 radical (unpaired) electrons. The minimum absolute atomic E-state index is 0.400. The first-order valence-electron chi connectivity index (χ1n) is 5.01. The van der Waals surface area contributed by atoms with Gasteiger partial charge in [-0.2, -0.15) is 0 Å². The van der Waals surface area contributed by atoms with E-state index in [1.807, 2.05) is 0 Å². The monoisotopic (exact) mass is 251 g/mol. The van der Waals surface area contributed by atoms with Gasteiger partial charge in [0, 0.05) is 6.08 Å². The Labute approximate surface area is 104 Å². The van der Waals surface area contributed by atoms with Gasteiger partial charge in [-0.05, 0) is 23.8 Å². The number of amides is 1. The van der Waals surface area contributed by atoms with Crippen molar-refractivity contribution in [2.75, 3.05) is 19.5 Å². The molecule has 18 heavy (non-hydrogen) atoms. The van der Waals surface area contributed by atoms with Crippen molar-refractivity contribution in [2.45, 2.75) is 0 Å². The predicted octanol–water partition coefficient (Wildman–Crippen LogP) is 1.97. The van der Waals surface area contributed by atoms with Crippen molar-refractivity contribution in [2.24, 2.45) is 0 Å². The SMILES string of the molecule is COC(=O)Nc1cc(/C=C/C(=O)O)ccc1OC. The highest BCUT2D eigenvalue weighted by Crippen LogP contribution is 2.26. The molecule has 2 N–H and O–H groups in total. The zero-order valence-electron chi connectivity index (χ0n) is 9.97. The molecule has 0 fully saturated rings. The maximum absolute atomic E-state index is 11.1. The fourth-order valence-electron chi connectivity index (χ4n) is 1.26. The molecule has 0 saturated heterocycles. The lowest BCUT2D eigenvalue weighted by atomic mass is 10.1. The number of carbonyl (C=O) groups is 2. The largest absolute Gasteiger partial charge is 0.495 e. The van der Waals surface area contributed by atoms with Gasteiger partial charge in [-0.15, -0.1) is 0 Å². The number of carbonyl (C=O) groups excluding carboxylic acids is 1. The number of carboxylic acids is 1. The van der Waals surface area contributed by atoms with Crippen molar-refractivity contribution in [3.63, 3.8) is 0 Å². The van der Waals surface area contributed by atoms with Gasteiger partial charge in [0.25, 0.3) is 0 Å². The standard InChI is InChI=1S/C12H13NO5/c1-17-10-5-3-8(4-6-11(14)15)7-9(10)13-12(16)18-2/h3-7H,1-2H3,(H,13,16)(H,14,15)/b6-4+. The van der Waals surface area contributed by atoms with Crippen LogP contribution >= 0.6 is 0 Å². The summed E-state index contributed by atoms with van der Waals surface area (Å²) in [5.41, 5.74) is 1.02. The lowest BCUT2D eigenvalue weighted by Crippen LogP contribution is -2.11. The van der Waals surface area contributed by atoms with Gasteiger partial charge in [0.05, 0.1) is 19.9 Å². The van der Waals surface area contributed by atoms with E-state index in [9.17, 15) is 9.59 Å². The minimum atomic E-state index is -1.05. The number of rotatable bonds is 4. The zero-order valence-corrected chi connectivity index (χ0v) is 9.97. The van der Waals surface area contributed by atoms with E-state index in [-0.39, 0.29) is 0 Å². The average Bonchev–Trinajstić information content (AvgIpc) is 2.36. The molecule has 0 aromatic heterocycles. The lowest BCUT2D eigenvalue weighted by molar-refractivity contribution is -0.131. The molecular formula is C12H13NO5. The number of methoxy groups -OCH3 is 2. The number of anilines is 1. The molecule has 0 unspecified atom stereocenters. The minimum Gasteiger partial charge on any atom is -0.495 e. The van der Waals surface area contributed by atoms with Crippen LogP contribution in [0.3, 0.4) is 0 Å². The van der Waals surface area contributed by atoms with E-state index in [0.29, 0.717) is 17.0 Å². The summed E-state index contributed by atoms with van der Waals surface area (Å²) in [5.74, 6) is -0.596. The van der Waals surface area contributed by atoms with E-state index in [1.54, 1.807) is 18.2 Å². The number of aliphatic carboxylic acids is 1. The van der Waals surface area contributed by atoms with Gasteiger partial charge < -0.3 is 14.6 Å². The number of nitrogens with one attached hydrogen (secondary N) is 1. The Kier molecular flexibility index (Phi) is 4.74. The molecule has 0 bridgehead atoms. The third-order valence-electron chi connectivity index (χ3n) is 2.06. The van der Waals surface area contributed by atoms with Crippen molar-refractivity contribution < 1.29 is 24.2 Å². The third kappa shape index (κ3) is 3.82. The zero-order chi connectivity index (χ0) is 13.5. The van der Waals surface area contributed by atoms with Crippen molar-refractivity contribution >= 4 is 23.8 Å². The smallest absolute Gasteiger partial charge is 0.411 e. The molecule has 0 heterocycles. The Hall–Kier alpha value is -2.50. The fraction of sp³-hybridized carbons (Fsp3) is 0.167. The van der Waals surface area contributed by atoms with Crippen molar-refractivity contribution in [1.82, 2.24) is 0 Å². The predicted molar refractivity (Wildman–Crippen MR) is 65.7 cm³/mol. The van der Waals surface area contributed by atoms with Gasteiger partial charge in [-0.3, -0.25) is 5.32 Å². The van der Waals surface area contributed by atoms with E-state index in [4.69, 9.17) is 9.84 Å². The molecule has 0 spiro atoms. The highest BCUT2D eigenvalue weighted by molar-refractivity contribution is 5.89. The molecular weight excluding hydrogens is 238 g/mol. The maximum atomic E-state index is 11.1.